The summed E-state index contributed by atoms with van der Waals surface area (Å²) in [6, 6.07) is 11.2. The number of rotatable bonds is 5. The summed E-state index contributed by atoms with van der Waals surface area (Å²) in [6.07, 6.45) is 0.919. The van der Waals surface area contributed by atoms with Gasteiger partial charge in [0, 0.05) is 22.3 Å². The maximum absolute atomic E-state index is 14.0. The van der Waals surface area contributed by atoms with Crippen LogP contribution in [-0.2, 0) is 13.0 Å². The van der Waals surface area contributed by atoms with Gasteiger partial charge >= 0.3 is 0 Å². The van der Waals surface area contributed by atoms with Gasteiger partial charge < -0.3 is 10.1 Å². The van der Waals surface area contributed by atoms with Crippen molar-refractivity contribution in [1.82, 2.24) is 0 Å². The first-order chi connectivity index (χ1) is 9.65. The fourth-order valence-corrected chi connectivity index (χ4v) is 2.48. The van der Waals surface area contributed by atoms with Crippen LogP contribution in [0.15, 0.2) is 40.9 Å². The van der Waals surface area contributed by atoms with Crippen molar-refractivity contribution in [2.75, 3.05) is 12.4 Å². The van der Waals surface area contributed by atoms with Gasteiger partial charge in [0.1, 0.15) is 0 Å². The average Bonchev–Trinajstić information content (AvgIpc) is 2.47. The first-order valence-electron chi connectivity index (χ1n) is 6.49. The quantitative estimate of drug-likeness (QED) is 0.848. The molecule has 4 heteroatoms. The Hall–Kier alpha value is -1.55. The highest BCUT2D eigenvalue weighted by Crippen LogP contribution is 2.24. The van der Waals surface area contributed by atoms with Crippen LogP contribution in [0.3, 0.4) is 0 Å². The van der Waals surface area contributed by atoms with E-state index in [2.05, 4.69) is 34.2 Å². The van der Waals surface area contributed by atoms with E-state index in [0.717, 1.165) is 16.6 Å². The van der Waals surface area contributed by atoms with E-state index < -0.39 is 0 Å². The molecule has 0 saturated carbocycles. The second-order valence-electron chi connectivity index (χ2n) is 4.44. The minimum atomic E-state index is -0.308. The van der Waals surface area contributed by atoms with Crippen molar-refractivity contribution in [3.8, 4) is 5.75 Å². The fraction of sp³-hybridized carbons (Fsp3) is 0.250. The Labute approximate surface area is 127 Å². The van der Waals surface area contributed by atoms with E-state index >= 15 is 0 Å². The van der Waals surface area contributed by atoms with Crippen LogP contribution in [0.1, 0.15) is 18.1 Å². The topological polar surface area (TPSA) is 21.3 Å². The van der Waals surface area contributed by atoms with Crippen molar-refractivity contribution < 1.29 is 9.13 Å². The van der Waals surface area contributed by atoms with Crippen LogP contribution in [0.4, 0.5) is 10.1 Å². The fourth-order valence-electron chi connectivity index (χ4n) is 2.07. The number of hydrogen-bond donors (Lipinski definition) is 1. The largest absolute Gasteiger partial charge is 0.494 e. The number of nitrogens with one attached hydrogen (secondary N) is 1. The van der Waals surface area contributed by atoms with Gasteiger partial charge in [0.2, 0.25) is 0 Å². The molecule has 0 amide bonds. The number of aryl methyl sites for hydroxylation is 1. The smallest absolute Gasteiger partial charge is 0.170 e. The highest BCUT2D eigenvalue weighted by Gasteiger charge is 2.08. The van der Waals surface area contributed by atoms with Gasteiger partial charge in [0.25, 0.3) is 0 Å². The second kappa shape index (κ2) is 6.75. The van der Waals surface area contributed by atoms with Gasteiger partial charge in [0.05, 0.1) is 7.11 Å². The molecule has 0 unspecified atom stereocenters. The number of ether oxygens (including phenoxy) is 1. The highest BCUT2D eigenvalue weighted by molar-refractivity contribution is 9.10. The molecule has 0 bridgehead atoms. The van der Waals surface area contributed by atoms with E-state index in [-0.39, 0.29) is 11.6 Å². The normalized spacial score (nSPS) is 10.4. The van der Waals surface area contributed by atoms with Crippen LogP contribution < -0.4 is 10.1 Å². The zero-order chi connectivity index (χ0) is 14.5. The number of methoxy groups -OCH3 is 1. The number of hydrogen-bond acceptors (Lipinski definition) is 2. The lowest BCUT2D eigenvalue weighted by molar-refractivity contribution is 0.384. The first-order valence-corrected chi connectivity index (χ1v) is 7.28. The third-order valence-electron chi connectivity index (χ3n) is 3.18. The number of halogens is 2. The highest BCUT2D eigenvalue weighted by atomic mass is 79.9. The molecule has 2 aromatic rings. The lowest BCUT2D eigenvalue weighted by atomic mass is 10.1. The van der Waals surface area contributed by atoms with Crippen LogP contribution in [0.5, 0.6) is 5.75 Å². The molecule has 0 radical (unpaired) electrons. The molecule has 2 nitrogen and oxygen atoms in total. The molecular formula is C16H17BrFNO. The lowest BCUT2D eigenvalue weighted by Gasteiger charge is -2.13. The molecule has 2 aromatic carbocycles. The summed E-state index contributed by atoms with van der Waals surface area (Å²) >= 11 is 3.46. The molecule has 1 N–H and O–H groups in total. The molecular weight excluding hydrogens is 321 g/mol. The SMILES string of the molecule is CCc1cc(Br)ccc1NCc1cccc(OC)c1F. The van der Waals surface area contributed by atoms with Crippen molar-refractivity contribution in [2.45, 2.75) is 19.9 Å². The van der Waals surface area contributed by atoms with Crippen LogP contribution >= 0.6 is 15.9 Å². The van der Waals surface area contributed by atoms with E-state index in [4.69, 9.17) is 4.74 Å². The molecule has 2 rings (SSSR count). The summed E-state index contributed by atoms with van der Waals surface area (Å²) in [5.74, 6) is -0.0338. The molecule has 0 aromatic heterocycles. The van der Waals surface area contributed by atoms with Crippen LogP contribution in [0.2, 0.25) is 0 Å². The van der Waals surface area contributed by atoms with Gasteiger partial charge in [-0.05, 0) is 36.2 Å². The van der Waals surface area contributed by atoms with E-state index in [1.165, 1.54) is 12.7 Å². The van der Waals surface area contributed by atoms with Crippen LogP contribution in [0, 0.1) is 5.82 Å². The van der Waals surface area contributed by atoms with Crippen molar-refractivity contribution in [3.05, 3.63) is 57.8 Å². The Kier molecular flexibility index (Phi) is 5.01. The van der Waals surface area contributed by atoms with Crippen molar-refractivity contribution in [1.29, 1.82) is 0 Å². The molecule has 0 aliphatic carbocycles. The van der Waals surface area contributed by atoms with Crippen molar-refractivity contribution >= 4 is 21.6 Å². The third kappa shape index (κ3) is 3.31. The number of benzene rings is 2. The Morgan fingerprint density at radius 2 is 2.00 bits per heavy atom. The summed E-state index contributed by atoms with van der Waals surface area (Å²) in [5, 5.41) is 3.28. The zero-order valence-electron chi connectivity index (χ0n) is 11.5. The molecule has 0 saturated heterocycles. The lowest BCUT2D eigenvalue weighted by Crippen LogP contribution is -2.05. The van der Waals surface area contributed by atoms with E-state index in [1.54, 1.807) is 18.2 Å². The molecule has 106 valence electrons. The third-order valence-corrected chi connectivity index (χ3v) is 3.67. The molecule has 0 fully saturated rings. The molecule has 0 atom stereocenters. The minimum Gasteiger partial charge on any atom is -0.494 e. The minimum absolute atomic E-state index is 0.274. The van der Waals surface area contributed by atoms with Crippen molar-refractivity contribution in [3.63, 3.8) is 0 Å². The summed E-state index contributed by atoms with van der Waals surface area (Å²) in [4.78, 5) is 0. The molecule has 0 aliphatic rings. The summed E-state index contributed by atoms with van der Waals surface area (Å²) in [5.41, 5.74) is 2.81. The van der Waals surface area contributed by atoms with E-state index in [1.807, 2.05) is 12.1 Å². The first kappa shape index (κ1) is 14.9. The predicted octanol–water partition coefficient (Wildman–Crippen LogP) is 4.77. The van der Waals surface area contributed by atoms with Gasteiger partial charge in [-0.2, -0.15) is 0 Å². The maximum atomic E-state index is 14.0. The summed E-state index contributed by atoms with van der Waals surface area (Å²) in [6.45, 7) is 2.52. The Morgan fingerprint density at radius 1 is 1.20 bits per heavy atom. The number of anilines is 1. The van der Waals surface area contributed by atoms with E-state index in [9.17, 15) is 4.39 Å². The standard InChI is InChI=1S/C16H17BrFNO/c1-3-11-9-13(17)7-8-14(11)19-10-12-5-4-6-15(20-2)16(12)18/h4-9,19H,3,10H2,1-2H3. The summed E-state index contributed by atoms with van der Waals surface area (Å²) < 4.78 is 20.1. The van der Waals surface area contributed by atoms with Gasteiger partial charge in [-0.25, -0.2) is 4.39 Å². The Balaban J connectivity index is 2.17. The summed E-state index contributed by atoms with van der Waals surface area (Å²) in [7, 11) is 1.47. The van der Waals surface area contributed by atoms with Crippen LogP contribution in [-0.4, -0.2) is 7.11 Å². The second-order valence-corrected chi connectivity index (χ2v) is 5.36. The van der Waals surface area contributed by atoms with Gasteiger partial charge in [-0.15, -0.1) is 0 Å². The monoisotopic (exact) mass is 337 g/mol. The van der Waals surface area contributed by atoms with Gasteiger partial charge in [-0.1, -0.05) is 35.0 Å². The average molecular weight is 338 g/mol. The molecule has 20 heavy (non-hydrogen) atoms. The van der Waals surface area contributed by atoms with Crippen molar-refractivity contribution in [2.24, 2.45) is 0 Å². The zero-order valence-corrected chi connectivity index (χ0v) is 13.1. The Bertz CT molecular complexity index is 601. The van der Waals surface area contributed by atoms with E-state index in [0.29, 0.717) is 12.1 Å². The molecule has 0 spiro atoms. The van der Waals surface area contributed by atoms with Crippen LogP contribution in [0.25, 0.3) is 0 Å². The Morgan fingerprint density at radius 3 is 2.70 bits per heavy atom. The predicted molar refractivity (Wildman–Crippen MR) is 83.8 cm³/mol. The molecule has 0 aliphatic heterocycles. The van der Waals surface area contributed by atoms with Gasteiger partial charge in [0.15, 0.2) is 11.6 Å². The van der Waals surface area contributed by atoms with Gasteiger partial charge in [-0.3, -0.25) is 0 Å². The maximum Gasteiger partial charge on any atom is 0.170 e. The molecule has 0 heterocycles.